The Kier molecular flexibility index (Phi) is 2.69. The zero-order valence-electron chi connectivity index (χ0n) is 9.76. The molecule has 2 saturated heterocycles. The van der Waals surface area contributed by atoms with Crippen LogP contribution in [0.1, 0.15) is 18.5 Å². The first kappa shape index (κ1) is 10.5. The van der Waals surface area contributed by atoms with Crippen molar-refractivity contribution in [2.45, 2.75) is 18.9 Å². The number of hydrogen-bond donors (Lipinski definition) is 1. The van der Waals surface area contributed by atoms with Gasteiger partial charge in [0, 0.05) is 25.3 Å². The molecule has 2 aliphatic heterocycles. The van der Waals surface area contributed by atoms with Crippen LogP contribution >= 0.6 is 0 Å². The summed E-state index contributed by atoms with van der Waals surface area (Å²) in [6.07, 6.45) is 4.26. The lowest BCUT2D eigenvalue weighted by molar-refractivity contribution is 0.340. The molecule has 1 N–H and O–H groups in total. The first-order valence-electron chi connectivity index (χ1n) is 6.22. The zero-order valence-corrected chi connectivity index (χ0v) is 9.76. The van der Waals surface area contributed by atoms with Crippen LogP contribution in [-0.2, 0) is 0 Å². The van der Waals surface area contributed by atoms with Crippen molar-refractivity contribution in [2.24, 2.45) is 5.92 Å². The molecule has 1 aromatic rings. The van der Waals surface area contributed by atoms with Crippen molar-refractivity contribution in [1.29, 1.82) is 5.26 Å². The number of nitriles is 1. The van der Waals surface area contributed by atoms with Crippen molar-refractivity contribution >= 4 is 5.69 Å². The average Bonchev–Trinajstić information content (AvgIpc) is 2.82. The Morgan fingerprint density at radius 1 is 1.47 bits per heavy atom. The minimum Gasteiger partial charge on any atom is -0.367 e. The molecule has 2 unspecified atom stereocenters. The number of fused-ring (bicyclic) bond motifs is 1. The molecule has 0 aromatic carbocycles. The second-order valence-electron chi connectivity index (χ2n) is 4.85. The average molecular weight is 228 g/mol. The van der Waals surface area contributed by atoms with E-state index in [1.54, 1.807) is 6.20 Å². The van der Waals surface area contributed by atoms with E-state index in [0.717, 1.165) is 31.2 Å². The van der Waals surface area contributed by atoms with Gasteiger partial charge in [-0.05, 0) is 37.4 Å². The highest BCUT2D eigenvalue weighted by molar-refractivity contribution is 5.56. The molecule has 3 heterocycles. The standard InChI is InChI=1S/C13H16N4/c14-7-11-13(4-2-6-15-11)17-8-10-3-1-5-16-12(10)9-17/h2,4,6,10,12,16H,1,3,5,8-9H2. The number of aromatic nitrogens is 1. The minimum atomic E-state index is 0.547. The van der Waals surface area contributed by atoms with Gasteiger partial charge in [0.15, 0.2) is 5.69 Å². The number of hydrogen-bond acceptors (Lipinski definition) is 4. The first-order chi connectivity index (χ1) is 8.38. The summed E-state index contributed by atoms with van der Waals surface area (Å²) in [7, 11) is 0. The van der Waals surface area contributed by atoms with Crippen molar-refractivity contribution in [3.8, 4) is 6.07 Å². The fourth-order valence-electron chi connectivity index (χ4n) is 2.98. The number of piperidine rings is 1. The lowest BCUT2D eigenvalue weighted by Gasteiger charge is -2.24. The van der Waals surface area contributed by atoms with E-state index in [2.05, 4.69) is 21.3 Å². The van der Waals surface area contributed by atoms with Gasteiger partial charge >= 0.3 is 0 Å². The Bertz CT molecular complexity index is 437. The van der Waals surface area contributed by atoms with Crippen LogP contribution in [0.3, 0.4) is 0 Å². The Hall–Kier alpha value is -1.60. The van der Waals surface area contributed by atoms with Crippen molar-refractivity contribution in [2.75, 3.05) is 24.5 Å². The van der Waals surface area contributed by atoms with Gasteiger partial charge < -0.3 is 10.2 Å². The van der Waals surface area contributed by atoms with Gasteiger partial charge in [0.2, 0.25) is 0 Å². The summed E-state index contributed by atoms with van der Waals surface area (Å²) in [6, 6.07) is 6.68. The molecule has 2 fully saturated rings. The van der Waals surface area contributed by atoms with Crippen molar-refractivity contribution in [3.05, 3.63) is 24.0 Å². The van der Waals surface area contributed by atoms with E-state index in [9.17, 15) is 0 Å². The zero-order chi connectivity index (χ0) is 11.7. The molecule has 0 aliphatic carbocycles. The van der Waals surface area contributed by atoms with Gasteiger partial charge in [-0.3, -0.25) is 0 Å². The maximum atomic E-state index is 9.08. The summed E-state index contributed by atoms with van der Waals surface area (Å²) in [6.45, 7) is 3.19. The molecule has 3 rings (SSSR count). The van der Waals surface area contributed by atoms with Gasteiger partial charge in [0.1, 0.15) is 6.07 Å². The van der Waals surface area contributed by atoms with Crippen LogP contribution in [0.4, 0.5) is 5.69 Å². The van der Waals surface area contributed by atoms with Crippen LogP contribution < -0.4 is 10.2 Å². The number of pyridine rings is 1. The van der Waals surface area contributed by atoms with E-state index in [1.165, 1.54) is 12.8 Å². The van der Waals surface area contributed by atoms with Gasteiger partial charge in [-0.25, -0.2) is 4.98 Å². The molecule has 0 spiro atoms. The molecule has 0 saturated carbocycles. The topological polar surface area (TPSA) is 52.0 Å². The van der Waals surface area contributed by atoms with E-state index in [1.807, 2.05) is 12.1 Å². The van der Waals surface area contributed by atoms with E-state index < -0.39 is 0 Å². The predicted molar refractivity (Wildman–Crippen MR) is 65.7 cm³/mol. The summed E-state index contributed by atoms with van der Waals surface area (Å²) >= 11 is 0. The molecule has 4 heteroatoms. The highest BCUT2D eigenvalue weighted by atomic mass is 15.2. The third-order valence-electron chi connectivity index (χ3n) is 3.83. The van der Waals surface area contributed by atoms with E-state index in [-0.39, 0.29) is 0 Å². The normalized spacial score (nSPS) is 27.6. The minimum absolute atomic E-state index is 0.547. The maximum Gasteiger partial charge on any atom is 0.163 e. The molecule has 0 radical (unpaired) electrons. The number of anilines is 1. The summed E-state index contributed by atoms with van der Waals surface area (Å²) < 4.78 is 0. The number of nitrogens with zero attached hydrogens (tertiary/aromatic N) is 3. The van der Waals surface area contributed by atoms with E-state index in [0.29, 0.717) is 11.7 Å². The molecule has 1 aromatic heterocycles. The van der Waals surface area contributed by atoms with Crippen LogP contribution in [-0.4, -0.2) is 30.7 Å². The lowest BCUT2D eigenvalue weighted by Crippen LogP contribution is -2.40. The third-order valence-corrected chi connectivity index (χ3v) is 3.83. The van der Waals surface area contributed by atoms with Crippen LogP contribution in [0.5, 0.6) is 0 Å². The van der Waals surface area contributed by atoms with Crippen LogP contribution in [0, 0.1) is 17.2 Å². The van der Waals surface area contributed by atoms with Crippen LogP contribution in [0.25, 0.3) is 0 Å². The Morgan fingerprint density at radius 3 is 3.24 bits per heavy atom. The SMILES string of the molecule is N#Cc1ncccc1N1CC2CCCNC2C1. The second kappa shape index (κ2) is 4.34. The second-order valence-corrected chi connectivity index (χ2v) is 4.85. The summed E-state index contributed by atoms with van der Waals surface area (Å²) in [5.74, 6) is 0.732. The number of rotatable bonds is 1. The molecular weight excluding hydrogens is 212 g/mol. The van der Waals surface area contributed by atoms with Gasteiger partial charge in [-0.2, -0.15) is 5.26 Å². The first-order valence-corrected chi connectivity index (χ1v) is 6.22. The van der Waals surface area contributed by atoms with Crippen LogP contribution in [0.15, 0.2) is 18.3 Å². The summed E-state index contributed by atoms with van der Waals surface area (Å²) in [4.78, 5) is 6.44. The van der Waals surface area contributed by atoms with E-state index >= 15 is 0 Å². The lowest BCUT2D eigenvalue weighted by atomic mass is 9.94. The smallest absolute Gasteiger partial charge is 0.163 e. The van der Waals surface area contributed by atoms with Gasteiger partial charge in [0.25, 0.3) is 0 Å². The molecule has 0 bridgehead atoms. The predicted octanol–water partition coefficient (Wildman–Crippen LogP) is 1.14. The summed E-state index contributed by atoms with van der Waals surface area (Å²) in [5.41, 5.74) is 1.54. The molecule has 4 nitrogen and oxygen atoms in total. The number of nitrogens with one attached hydrogen (secondary N) is 1. The molecular formula is C13H16N4. The van der Waals surface area contributed by atoms with Crippen molar-refractivity contribution < 1.29 is 0 Å². The Balaban J connectivity index is 1.84. The van der Waals surface area contributed by atoms with E-state index in [4.69, 9.17) is 5.26 Å². The molecule has 2 aliphatic rings. The maximum absolute atomic E-state index is 9.08. The fourth-order valence-corrected chi connectivity index (χ4v) is 2.98. The Morgan fingerprint density at radius 2 is 2.41 bits per heavy atom. The molecule has 0 amide bonds. The highest BCUT2D eigenvalue weighted by Gasteiger charge is 2.35. The van der Waals surface area contributed by atoms with Gasteiger partial charge in [0.05, 0.1) is 5.69 Å². The monoisotopic (exact) mass is 228 g/mol. The van der Waals surface area contributed by atoms with Crippen molar-refractivity contribution in [3.63, 3.8) is 0 Å². The quantitative estimate of drug-likeness (QED) is 0.783. The van der Waals surface area contributed by atoms with Gasteiger partial charge in [-0.15, -0.1) is 0 Å². The van der Waals surface area contributed by atoms with Crippen molar-refractivity contribution in [1.82, 2.24) is 10.3 Å². The molecule has 17 heavy (non-hydrogen) atoms. The molecule has 2 atom stereocenters. The third kappa shape index (κ3) is 1.87. The Labute approximate surface area is 101 Å². The highest BCUT2D eigenvalue weighted by Crippen LogP contribution is 2.29. The largest absolute Gasteiger partial charge is 0.367 e. The fraction of sp³-hybridized carbons (Fsp3) is 0.538. The molecule has 88 valence electrons. The van der Waals surface area contributed by atoms with Crippen LogP contribution in [0.2, 0.25) is 0 Å². The summed E-state index contributed by atoms with van der Waals surface area (Å²) in [5, 5.41) is 12.7. The van der Waals surface area contributed by atoms with Gasteiger partial charge in [-0.1, -0.05) is 0 Å².